The van der Waals surface area contributed by atoms with Crippen LogP contribution in [0.2, 0.25) is 0 Å². The van der Waals surface area contributed by atoms with Gasteiger partial charge >= 0.3 is 0 Å². The summed E-state index contributed by atoms with van der Waals surface area (Å²) in [6, 6.07) is 50.1. The van der Waals surface area contributed by atoms with E-state index < -0.39 is 0 Å². The first kappa shape index (κ1) is 24.9. The lowest BCUT2D eigenvalue weighted by Gasteiger charge is -2.03. The second-order valence-electron chi connectivity index (χ2n) is 9.08. The van der Waals surface area contributed by atoms with E-state index in [1.807, 2.05) is 48.8 Å². The largest absolute Gasteiger partial charge is 0.288 e. The number of aliphatic imine (C=N–C) groups is 2. The van der Waals surface area contributed by atoms with Gasteiger partial charge in [0, 0.05) is 12.4 Å². The molecule has 0 aliphatic carbocycles. The molecular formula is C36H30N2. The summed E-state index contributed by atoms with van der Waals surface area (Å²) < 4.78 is 0. The highest BCUT2D eigenvalue weighted by molar-refractivity contribution is 5.86. The molecule has 0 heterocycles. The van der Waals surface area contributed by atoms with Crippen LogP contribution in [0.5, 0.6) is 0 Å². The Morgan fingerprint density at radius 3 is 1.68 bits per heavy atom. The highest BCUT2D eigenvalue weighted by Crippen LogP contribution is 2.19. The fourth-order valence-electron chi connectivity index (χ4n) is 4.35. The van der Waals surface area contributed by atoms with Gasteiger partial charge < -0.3 is 0 Å². The second kappa shape index (κ2) is 12.9. The molecule has 0 N–H and O–H groups in total. The first-order chi connectivity index (χ1) is 18.8. The zero-order valence-corrected chi connectivity index (χ0v) is 21.3. The van der Waals surface area contributed by atoms with E-state index in [1.165, 1.54) is 32.7 Å². The minimum Gasteiger partial charge on any atom is -0.288 e. The Morgan fingerprint density at radius 1 is 0.421 bits per heavy atom. The van der Waals surface area contributed by atoms with Gasteiger partial charge in [0.25, 0.3) is 0 Å². The monoisotopic (exact) mass is 490 g/mol. The van der Waals surface area contributed by atoms with Crippen molar-refractivity contribution in [2.75, 3.05) is 0 Å². The molecule has 0 fully saturated rings. The lowest BCUT2D eigenvalue weighted by atomic mass is 10.0. The number of nitrogens with zero attached hydrogens (tertiary/aromatic N) is 2. The van der Waals surface area contributed by atoms with Crippen molar-refractivity contribution in [3.63, 3.8) is 0 Å². The van der Waals surface area contributed by atoms with Crippen molar-refractivity contribution in [1.29, 1.82) is 0 Å². The van der Waals surface area contributed by atoms with Crippen LogP contribution in [0.15, 0.2) is 156 Å². The van der Waals surface area contributed by atoms with E-state index in [-0.39, 0.29) is 0 Å². The Bertz CT molecular complexity index is 1640. The average Bonchev–Trinajstić information content (AvgIpc) is 2.99. The molecule has 2 heteroatoms. The number of fused-ring (bicyclic) bond motifs is 2. The third kappa shape index (κ3) is 6.89. The summed E-state index contributed by atoms with van der Waals surface area (Å²) >= 11 is 0. The molecule has 0 aromatic heterocycles. The molecule has 0 aliphatic heterocycles. The molecule has 6 aromatic rings. The van der Waals surface area contributed by atoms with E-state index in [0.717, 1.165) is 24.2 Å². The molecule has 38 heavy (non-hydrogen) atoms. The van der Waals surface area contributed by atoms with Gasteiger partial charge in [0.1, 0.15) is 0 Å². The van der Waals surface area contributed by atoms with Crippen molar-refractivity contribution in [2.24, 2.45) is 9.98 Å². The van der Waals surface area contributed by atoms with Crippen LogP contribution < -0.4 is 0 Å². The topological polar surface area (TPSA) is 24.7 Å². The summed E-state index contributed by atoms with van der Waals surface area (Å²) in [5.74, 6) is 0. The molecule has 6 rings (SSSR count). The first-order valence-electron chi connectivity index (χ1n) is 12.9. The molecule has 6 aromatic carbocycles. The van der Waals surface area contributed by atoms with Crippen LogP contribution in [0.3, 0.4) is 0 Å². The van der Waals surface area contributed by atoms with E-state index in [9.17, 15) is 0 Å². The first-order valence-corrected chi connectivity index (χ1v) is 12.9. The predicted molar refractivity (Wildman–Crippen MR) is 163 cm³/mol. The van der Waals surface area contributed by atoms with Crippen molar-refractivity contribution in [2.45, 2.75) is 13.1 Å². The summed E-state index contributed by atoms with van der Waals surface area (Å²) in [6.45, 7) is 1.44. The van der Waals surface area contributed by atoms with Gasteiger partial charge in [-0.15, -0.1) is 0 Å². The second-order valence-corrected chi connectivity index (χ2v) is 9.08. The lowest BCUT2D eigenvalue weighted by molar-refractivity contribution is 1.08. The maximum Gasteiger partial charge on any atom is 0.0645 e. The van der Waals surface area contributed by atoms with Gasteiger partial charge in [0.2, 0.25) is 0 Å². The quantitative estimate of drug-likeness (QED) is 0.208. The Labute approximate surface area is 224 Å². The Hall–Kier alpha value is -4.82. The van der Waals surface area contributed by atoms with Crippen LogP contribution in [0.25, 0.3) is 21.5 Å². The van der Waals surface area contributed by atoms with Crippen molar-refractivity contribution in [3.05, 3.63) is 168 Å². The Morgan fingerprint density at radius 2 is 0.974 bits per heavy atom. The molecule has 2 nitrogen and oxygen atoms in total. The zero-order valence-electron chi connectivity index (χ0n) is 21.3. The fourth-order valence-corrected chi connectivity index (χ4v) is 4.35. The highest BCUT2D eigenvalue weighted by atomic mass is 14.7. The average molecular weight is 491 g/mol. The number of hydrogen-bond donors (Lipinski definition) is 0. The summed E-state index contributed by atoms with van der Waals surface area (Å²) in [4.78, 5) is 9.03. The van der Waals surface area contributed by atoms with Gasteiger partial charge in [-0.05, 0) is 49.9 Å². The van der Waals surface area contributed by atoms with Gasteiger partial charge in [0.05, 0.1) is 13.1 Å². The number of rotatable bonds is 6. The van der Waals surface area contributed by atoms with Crippen LogP contribution in [-0.2, 0) is 13.1 Å². The van der Waals surface area contributed by atoms with Crippen molar-refractivity contribution < 1.29 is 0 Å². The molecule has 0 aliphatic rings. The molecule has 0 saturated carbocycles. The number of hydrogen-bond acceptors (Lipinski definition) is 2. The molecule has 0 spiro atoms. The summed E-state index contributed by atoms with van der Waals surface area (Å²) in [5.41, 5.74) is 4.79. The predicted octanol–water partition coefficient (Wildman–Crippen LogP) is 8.92. The molecule has 0 atom stereocenters. The Kier molecular flexibility index (Phi) is 8.46. The highest BCUT2D eigenvalue weighted by Gasteiger charge is 1.98. The van der Waals surface area contributed by atoms with E-state index >= 15 is 0 Å². The molecule has 0 saturated heterocycles. The standard InChI is InChI=1S/2C18H15N/c1-2-7-15(8-3-1)13-19-14-17-11-6-10-16-9-4-5-12-18(16)17;1-2-6-15(7-3-1)13-19-14-16-10-11-17-8-4-5-9-18(17)12-16/h2*1-13H,14H2. The fraction of sp³-hybridized carbons (Fsp3) is 0.0556. The van der Waals surface area contributed by atoms with E-state index in [1.54, 1.807) is 0 Å². The molecule has 0 unspecified atom stereocenters. The SMILES string of the molecule is C(=NCc1ccc2ccccc2c1)c1ccccc1.C(=NCc1cccc2ccccc12)c1ccccc1. The van der Waals surface area contributed by atoms with E-state index in [4.69, 9.17) is 0 Å². The van der Waals surface area contributed by atoms with Gasteiger partial charge in [-0.2, -0.15) is 0 Å². The molecular weight excluding hydrogens is 460 g/mol. The maximum atomic E-state index is 4.54. The molecule has 0 radical (unpaired) electrons. The van der Waals surface area contributed by atoms with Gasteiger partial charge in [-0.25, -0.2) is 0 Å². The van der Waals surface area contributed by atoms with Gasteiger partial charge in [-0.3, -0.25) is 9.98 Å². The lowest BCUT2D eigenvalue weighted by Crippen LogP contribution is -1.86. The Balaban J connectivity index is 0.000000155. The maximum absolute atomic E-state index is 4.54. The minimum atomic E-state index is 0.718. The van der Waals surface area contributed by atoms with Gasteiger partial charge in [-0.1, -0.05) is 140 Å². The number of benzene rings is 6. The zero-order chi connectivity index (χ0) is 25.8. The van der Waals surface area contributed by atoms with Crippen LogP contribution in [-0.4, -0.2) is 12.4 Å². The van der Waals surface area contributed by atoms with E-state index in [0.29, 0.717) is 0 Å². The van der Waals surface area contributed by atoms with Crippen LogP contribution in [0.1, 0.15) is 22.3 Å². The van der Waals surface area contributed by atoms with Crippen LogP contribution in [0.4, 0.5) is 0 Å². The summed E-state index contributed by atoms with van der Waals surface area (Å²) in [7, 11) is 0. The molecule has 184 valence electrons. The van der Waals surface area contributed by atoms with Crippen LogP contribution >= 0.6 is 0 Å². The normalized spacial score (nSPS) is 11.2. The third-order valence-electron chi connectivity index (χ3n) is 6.31. The van der Waals surface area contributed by atoms with E-state index in [2.05, 4.69) is 119 Å². The molecule has 0 amide bonds. The summed E-state index contributed by atoms with van der Waals surface area (Å²) in [5, 5.41) is 5.11. The smallest absolute Gasteiger partial charge is 0.0645 e. The van der Waals surface area contributed by atoms with Crippen molar-refractivity contribution in [3.8, 4) is 0 Å². The summed E-state index contributed by atoms with van der Waals surface area (Å²) in [6.07, 6.45) is 3.86. The van der Waals surface area contributed by atoms with Crippen molar-refractivity contribution >= 4 is 34.0 Å². The minimum absolute atomic E-state index is 0.718. The van der Waals surface area contributed by atoms with Gasteiger partial charge in [0.15, 0.2) is 0 Å². The van der Waals surface area contributed by atoms with Crippen LogP contribution in [0, 0.1) is 0 Å². The van der Waals surface area contributed by atoms with Crippen molar-refractivity contribution in [1.82, 2.24) is 0 Å². The third-order valence-corrected chi connectivity index (χ3v) is 6.31. The molecule has 0 bridgehead atoms.